The van der Waals surface area contributed by atoms with E-state index in [4.69, 9.17) is 5.73 Å². The molecule has 0 saturated heterocycles. The molecule has 0 bridgehead atoms. The highest BCUT2D eigenvalue weighted by atomic mass is 19.4. The van der Waals surface area contributed by atoms with Crippen molar-refractivity contribution < 1.29 is 17.6 Å². The maximum atomic E-state index is 13.2. The fourth-order valence-electron chi connectivity index (χ4n) is 1.97. The Kier molecular flexibility index (Phi) is 6.66. The predicted octanol–water partition coefficient (Wildman–Crippen LogP) is 2.91. The van der Waals surface area contributed by atoms with Crippen LogP contribution in [0.1, 0.15) is 24.5 Å². The summed E-state index contributed by atoms with van der Waals surface area (Å²) in [7, 11) is 0. The van der Waals surface area contributed by atoms with Gasteiger partial charge in [-0.1, -0.05) is 24.8 Å². The number of alkyl halides is 3. The quantitative estimate of drug-likeness (QED) is 0.669. The van der Waals surface area contributed by atoms with Gasteiger partial charge in [-0.15, -0.1) is 0 Å². The number of halogens is 4. The Hall–Kier alpha value is -1.58. The summed E-state index contributed by atoms with van der Waals surface area (Å²) in [6.07, 6.45) is -3.67. The summed E-state index contributed by atoms with van der Waals surface area (Å²) in [5.74, 6) is 4.82. The normalized spacial score (nSPS) is 11.4. The van der Waals surface area contributed by atoms with Gasteiger partial charge in [0.25, 0.3) is 0 Å². The molecule has 0 heterocycles. The monoisotopic (exact) mass is 302 g/mol. The molecule has 6 heteroatoms. The van der Waals surface area contributed by atoms with Gasteiger partial charge in [-0.25, -0.2) is 4.39 Å². The van der Waals surface area contributed by atoms with Gasteiger partial charge in [0.1, 0.15) is 5.82 Å². The van der Waals surface area contributed by atoms with E-state index in [9.17, 15) is 17.6 Å². The SMILES string of the molecule is CCCN(Cc1ccc(F)cc1C#CCN)CC(F)(F)F. The molecular formula is C15H18F4N2. The molecule has 116 valence electrons. The summed E-state index contributed by atoms with van der Waals surface area (Å²) in [4.78, 5) is 1.28. The molecule has 0 radical (unpaired) electrons. The third-order valence-electron chi connectivity index (χ3n) is 2.73. The first-order valence-electron chi connectivity index (χ1n) is 6.62. The molecule has 0 unspecified atom stereocenters. The van der Waals surface area contributed by atoms with Crippen LogP contribution in [0.15, 0.2) is 18.2 Å². The lowest BCUT2D eigenvalue weighted by Gasteiger charge is -2.23. The van der Waals surface area contributed by atoms with Crippen LogP contribution in [-0.2, 0) is 6.54 Å². The zero-order chi connectivity index (χ0) is 15.9. The fraction of sp³-hybridized carbons (Fsp3) is 0.467. The van der Waals surface area contributed by atoms with E-state index in [-0.39, 0.29) is 13.1 Å². The standard InChI is InChI=1S/C15H18F4N2/c1-2-8-21(11-15(17,18)19)10-13-5-6-14(16)9-12(13)4-3-7-20/h5-6,9H,2,7-8,10-11,20H2,1H3. The Morgan fingerprint density at radius 3 is 2.57 bits per heavy atom. The van der Waals surface area contributed by atoms with E-state index in [2.05, 4.69) is 11.8 Å². The molecule has 0 aliphatic heterocycles. The summed E-state index contributed by atoms with van der Waals surface area (Å²) in [5.41, 5.74) is 6.21. The van der Waals surface area contributed by atoms with Gasteiger partial charge >= 0.3 is 6.18 Å². The first-order chi connectivity index (χ1) is 9.85. The second kappa shape index (κ2) is 8.01. The first-order valence-corrected chi connectivity index (χ1v) is 6.62. The van der Waals surface area contributed by atoms with Crippen LogP contribution in [-0.4, -0.2) is 30.7 Å². The molecule has 0 aromatic heterocycles. The highest BCUT2D eigenvalue weighted by Crippen LogP contribution is 2.20. The number of rotatable bonds is 5. The number of nitrogens with zero attached hydrogens (tertiary/aromatic N) is 1. The summed E-state index contributed by atoms with van der Waals surface area (Å²) < 4.78 is 50.9. The molecule has 0 saturated carbocycles. The van der Waals surface area contributed by atoms with Gasteiger partial charge in [0.2, 0.25) is 0 Å². The van der Waals surface area contributed by atoms with Crippen molar-refractivity contribution >= 4 is 0 Å². The smallest absolute Gasteiger partial charge is 0.320 e. The van der Waals surface area contributed by atoms with E-state index in [1.807, 2.05) is 6.92 Å². The van der Waals surface area contributed by atoms with Crippen LogP contribution < -0.4 is 5.73 Å². The second-order valence-corrected chi connectivity index (χ2v) is 4.63. The largest absolute Gasteiger partial charge is 0.401 e. The van der Waals surface area contributed by atoms with Crippen molar-refractivity contribution in [3.05, 3.63) is 35.1 Å². The van der Waals surface area contributed by atoms with Crippen LogP contribution in [0.4, 0.5) is 17.6 Å². The zero-order valence-corrected chi connectivity index (χ0v) is 11.8. The highest BCUT2D eigenvalue weighted by Gasteiger charge is 2.30. The van der Waals surface area contributed by atoms with Crippen LogP contribution in [0.5, 0.6) is 0 Å². The Morgan fingerprint density at radius 1 is 1.29 bits per heavy atom. The van der Waals surface area contributed by atoms with Crippen molar-refractivity contribution in [3.8, 4) is 11.8 Å². The second-order valence-electron chi connectivity index (χ2n) is 4.63. The molecule has 0 amide bonds. The number of hydrogen-bond acceptors (Lipinski definition) is 2. The van der Waals surface area contributed by atoms with Gasteiger partial charge in [0.15, 0.2) is 0 Å². The van der Waals surface area contributed by atoms with Crippen LogP contribution in [0.3, 0.4) is 0 Å². The Bertz CT molecular complexity index is 515. The van der Waals surface area contributed by atoms with E-state index in [0.29, 0.717) is 24.1 Å². The minimum absolute atomic E-state index is 0.0716. The number of hydrogen-bond donors (Lipinski definition) is 1. The third-order valence-corrected chi connectivity index (χ3v) is 2.73. The highest BCUT2D eigenvalue weighted by molar-refractivity contribution is 5.41. The van der Waals surface area contributed by atoms with Crippen LogP contribution in [0.25, 0.3) is 0 Å². The van der Waals surface area contributed by atoms with Crippen molar-refractivity contribution in [3.63, 3.8) is 0 Å². The molecule has 21 heavy (non-hydrogen) atoms. The van der Waals surface area contributed by atoms with Gasteiger partial charge < -0.3 is 5.73 Å². The first kappa shape index (κ1) is 17.5. The van der Waals surface area contributed by atoms with Gasteiger partial charge in [-0.05, 0) is 30.7 Å². The van der Waals surface area contributed by atoms with E-state index >= 15 is 0 Å². The minimum Gasteiger partial charge on any atom is -0.320 e. The minimum atomic E-state index is -4.27. The van der Waals surface area contributed by atoms with E-state index in [0.717, 1.165) is 0 Å². The number of benzene rings is 1. The maximum Gasteiger partial charge on any atom is 0.401 e. The van der Waals surface area contributed by atoms with Crippen molar-refractivity contribution in [2.45, 2.75) is 26.1 Å². The summed E-state index contributed by atoms with van der Waals surface area (Å²) in [6, 6.07) is 3.91. The summed E-state index contributed by atoms with van der Waals surface area (Å²) in [6.45, 7) is 1.30. The van der Waals surface area contributed by atoms with Gasteiger partial charge in [-0.2, -0.15) is 13.2 Å². The molecule has 2 nitrogen and oxygen atoms in total. The van der Waals surface area contributed by atoms with Crippen molar-refractivity contribution in [2.24, 2.45) is 5.73 Å². The van der Waals surface area contributed by atoms with Gasteiger partial charge in [0.05, 0.1) is 13.1 Å². The molecule has 0 aliphatic rings. The molecule has 2 N–H and O–H groups in total. The van der Waals surface area contributed by atoms with Crippen molar-refractivity contribution in [2.75, 3.05) is 19.6 Å². The molecule has 0 fully saturated rings. The van der Waals surface area contributed by atoms with E-state index in [1.165, 1.54) is 23.1 Å². The Balaban J connectivity index is 2.97. The third kappa shape index (κ3) is 6.61. The fourth-order valence-corrected chi connectivity index (χ4v) is 1.97. The molecule has 0 aliphatic carbocycles. The Morgan fingerprint density at radius 2 is 2.00 bits per heavy atom. The topological polar surface area (TPSA) is 29.3 Å². The average Bonchev–Trinajstić information content (AvgIpc) is 2.37. The van der Waals surface area contributed by atoms with Gasteiger partial charge in [0, 0.05) is 12.1 Å². The van der Waals surface area contributed by atoms with E-state index < -0.39 is 18.5 Å². The molecular weight excluding hydrogens is 284 g/mol. The summed E-state index contributed by atoms with van der Waals surface area (Å²) >= 11 is 0. The Labute approximate surface area is 121 Å². The molecule has 1 rings (SSSR count). The van der Waals surface area contributed by atoms with E-state index in [1.54, 1.807) is 0 Å². The zero-order valence-electron chi connectivity index (χ0n) is 11.8. The predicted molar refractivity (Wildman–Crippen MR) is 74.0 cm³/mol. The molecule has 1 aromatic rings. The average molecular weight is 302 g/mol. The lowest BCUT2D eigenvalue weighted by atomic mass is 10.1. The van der Waals surface area contributed by atoms with Crippen molar-refractivity contribution in [1.82, 2.24) is 4.90 Å². The molecule has 1 aromatic carbocycles. The van der Waals surface area contributed by atoms with Crippen LogP contribution >= 0.6 is 0 Å². The maximum absolute atomic E-state index is 13.2. The summed E-state index contributed by atoms with van der Waals surface area (Å²) in [5, 5.41) is 0. The number of nitrogens with two attached hydrogens (primary N) is 1. The van der Waals surface area contributed by atoms with Gasteiger partial charge in [-0.3, -0.25) is 4.90 Å². The van der Waals surface area contributed by atoms with Crippen LogP contribution in [0, 0.1) is 17.7 Å². The molecule has 0 spiro atoms. The lowest BCUT2D eigenvalue weighted by molar-refractivity contribution is -0.147. The van der Waals surface area contributed by atoms with Crippen molar-refractivity contribution in [1.29, 1.82) is 0 Å². The lowest BCUT2D eigenvalue weighted by Crippen LogP contribution is -2.34. The van der Waals surface area contributed by atoms with Crippen LogP contribution in [0.2, 0.25) is 0 Å². The molecule has 0 atom stereocenters.